The highest BCUT2D eigenvalue weighted by atomic mass is 16.6. The highest BCUT2D eigenvalue weighted by Crippen LogP contribution is 2.14. The summed E-state index contributed by atoms with van der Waals surface area (Å²) in [4.78, 5) is 25.9. The number of carbonyl (C=O) groups is 1. The Morgan fingerprint density at radius 1 is 1.58 bits per heavy atom. The molecule has 0 aliphatic carbocycles. The van der Waals surface area contributed by atoms with E-state index in [0.29, 0.717) is 12.2 Å². The standard InChI is InChI=1S/C12H18N4O3/c1-4-13-8(2)6-15-12(17)11-5-10(16(18)19)7-14-9(11)3/h5,7-8,13H,4,6H2,1-3H3,(H,15,17)/t8-/m1/s1. The van der Waals surface area contributed by atoms with Gasteiger partial charge in [0.25, 0.3) is 11.6 Å². The third-order valence-electron chi connectivity index (χ3n) is 2.65. The summed E-state index contributed by atoms with van der Waals surface area (Å²) in [5.41, 5.74) is 0.521. The van der Waals surface area contributed by atoms with E-state index in [9.17, 15) is 14.9 Å². The lowest BCUT2D eigenvalue weighted by atomic mass is 10.1. The number of hydrogen-bond acceptors (Lipinski definition) is 5. The molecular weight excluding hydrogens is 248 g/mol. The number of aromatic nitrogens is 1. The average Bonchev–Trinajstić information content (AvgIpc) is 2.36. The number of hydrogen-bond donors (Lipinski definition) is 2. The van der Waals surface area contributed by atoms with Crippen LogP contribution in [0.1, 0.15) is 29.9 Å². The van der Waals surface area contributed by atoms with Crippen LogP contribution in [0.3, 0.4) is 0 Å². The second kappa shape index (κ2) is 6.79. The summed E-state index contributed by atoms with van der Waals surface area (Å²) in [5.74, 6) is -0.349. The van der Waals surface area contributed by atoms with Crippen molar-refractivity contribution in [1.82, 2.24) is 15.6 Å². The van der Waals surface area contributed by atoms with Crippen molar-refractivity contribution in [2.45, 2.75) is 26.8 Å². The number of nitro groups is 1. The van der Waals surface area contributed by atoms with Crippen LogP contribution in [0.5, 0.6) is 0 Å². The zero-order valence-electron chi connectivity index (χ0n) is 11.3. The molecule has 0 bridgehead atoms. The molecule has 2 N–H and O–H groups in total. The highest BCUT2D eigenvalue weighted by molar-refractivity contribution is 5.95. The third kappa shape index (κ3) is 4.29. The lowest BCUT2D eigenvalue weighted by Crippen LogP contribution is -2.39. The molecule has 7 nitrogen and oxygen atoms in total. The molecule has 0 fully saturated rings. The number of pyridine rings is 1. The minimum Gasteiger partial charge on any atom is -0.350 e. The maximum Gasteiger partial charge on any atom is 0.288 e. The number of likely N-dealkylation sites (N-methyl/N-ethyl adjacent to an activating group) is 1. The van der Waals surface area contributed by atoms with Crippen LogP contribution in [-0.2, 0) is 0 Å². The Hall–Kier alpha value is -2.02. The zero-order chi connectivity index (χ0) is 14.4. The fraction of sp³-hybridized carbons (Fsp3) is 0.500. The SMILES string of the molecule is CCN[C@H](C)CNC(=O)c1cc([N+](=O)[O-])cnc1C. The van der Waals surface area contributed by atoms with Crippen molar-refractivity contribution in [2.75, 3.05) is 13.1 Å². The summed E-state index contributed by atoms with van der Waals surface area (Å²) in [7, 11) is 0. The number of carbonyl (C=O) groups excluding carboxylic acids is 1. The van der Waals surface area contributed by atoms with E-state index in [0.717, 1.165) is 12.7 Å². The number of aryl methyl sites for hydroxylation is 1. The molecule has 104 valence electrons. The van der Waals surface area contributed by atoms with Gasteiger partial charge in [0, 0.05) is 18.7 Å². The first kappa shape index (κ1) is 15.0. The van der Waals surface area contributed by atoms with Crippen LogP contribution >= 0.6 is 0 Å². The quantitative estimate of drug-likeness (QED) is 0.592. The van der Waals surface area contributed by atoms with E-state index in [4.69, 9.17) is 0 Å². The van der Waals surface area contributed by atoms with Gasteiger partial charge in [-0.25, -0.2) is 0 Å². The van der Waals surface area contributed by atoms with Crippen molar-refractivity contribution >= 4 is 11.6 Å². The third-order valence-corrected chi connectivity index (χ3v) is 2.65. The topological polar surface area (TPSA) is 97.2 Å². The molecule has 0 aliphatic rings. The second-order valence-electron chi connectivity index (χ2n) is 4.25. The van der Waals surface area contributed by atoms with Crippen molar-refractivity contribution in [3.63, 3.8) is 0 Å². The summed E-state index contributed by atoms with van der Waals surface area (Å²) >= 11 is 0. The Balaban J connectivity index is 2.76. The van der Waals surface area contributed by atoms with Crippen molar-refractivity contribution in [3.05, 3.63) is 33.6 Å². The van der Waals surface area contributed by atoms with E-state index in [1.807, 2.05) is 13.8 Å². The molecule has 19 heavy (non-hydrogen) atoms. The van der Waals surface area contributed by atoms with Gasteiger partial charge in [-0.05, 0) is 20.4 Å². The molecule has 1 aromatic heterocycles. The summed E-state index contributed by atoms with van der Waals surface area (Å²) in [6.07, 6.45) is 1.15. The number of nitrogens with one attached hydrogen (secondary N) is 2. The van der Waals surface area contributed by atoms with Gasteiger partial charge < -0.3 is 10.6 Å². The van der Waals surface area contributed by atoms with Crippen LogP contribution in [0, 0.1) is 17.0 Å². The molecule has 7 heteroatoms. The Morgan fingerprint density at radius 2 is 2.26 bits per heavy atom. The van der Waals surface area contributed by atoms with Crippen LogP contribution in [0.4, 0.5) is 5.69 Å². The molecule has 0 unspecified atom stereocenters. The van der Waals surface area contributed by atoms with Gasteiger partial charge in [0.15, 0.2) is 0 Å². The smallest absolute Gasteiger partial charge is 0.288 e. The Labute approximate surface area is 111 Å². The summed E-state index contributed by atoms with van der Waals surface area (Å²) < 4.78 is 0. The maximum atomic E-state index is 11.9. The van der Waals surface area contributed by atoms with Crippen LogP contribution < -0.4 is 10.6 Å². The molecule has 1 rings (SSSR count). The van der Waals surface area contributed by atoms with Crippen molar-refractivity contribution in [2.24, 2.45) is 0 Å². The molecule has 0 saturated carbocycles. The zero-order valence-corrected chi connectivity index (χ0v) is 11.3. The molecule has 0 spiro atoms. The number of rotatable bonds is 6. The number of amides is 1. The molecule has 1 aromatic rings. The van der Waals surface area contributed by atoms with Crippen molar-refractivity contribution in [3.8, 4) is 0 Å². The second-order valence-corrected chi connectivity index (χ2v) is 4.25. The normalized spacial score (nSPS) is 11.9. The van der Waals surface area contributed by atoms with E-state index in [2.05, 4.69) is 15.6 Å². The lowest BCUT2D eigenvalue weighted by molar-refractivity contribution is -0.385. The Morgan fingerprint density at radius 3 is 2.84 bits per heavy atom. The van der Waals surface area contributed by atoms with Crippen molar-refractivity contribution in [1.29, 1.82) is 0 Å². The molecule has 0 aromatic carbocycles. The maximum absolute atomic E-state index is 11.9. The molecule has 1 heterocycles. The fourth-order valence-corrected chi connectivity index (χ4v) is 1.61. The van der Waals surface area contributed by atoms with Gasteiger partial charge in [-0.3, -0.25) is 19.9 Å². The largest absolute Gasteiger partial charge is 0.350 e. The lowest BCUT2D eigenvalue weighted by Gasteiger charge is -2.13. The molecular formula is C12H18N4O3. The van der Waals surface area contributed by atoms with E-state index in [1.54, 1.807) is 6.92 Å². The van der Waals surface area contributed by atoms with Crippen molar-refractivity contribution < 1.29 is 9.72 Å². The Bertz CT molecular complexity index is 476. The van der Waals surface area contributed by atoms with Gasteiger partial charge in [-0.15, -0.1) is 0 Å². The minimum atomic E-state index is -0.565. The first-order chi connectivity index (χ1) is 8.95. The van der Waals surface area contributed by atoms with E-state index < -0.39 is 4.92 Å². The van der Waals surface area contributed by atoms with E-state index >= 15 is 0 Å². The molecule has 0 aliphatic heterocycles. The summed E-state index contributed by atoms with van der Waals surface area (Å²) in [6.45, 7) is 6.84. The van der Waals surface area contributed by atoms with E-state index in [1.165, 1.54) is 6.07 Å². The van der Waals surface area contributed by atoms with Crippen LogP contribution in [-0.4, -0.2) is 34.9 Å². The van der Waals surface area contributed by atoms with Crippen LogP contribution in [0.25, 0.3) is 0 Å². The van der Waals surface area contributed by atoms with Gasteiger partial charge in [-0.1, -0.05) is 6.92 Å². The monoisotopic (exact) mass is 266 g/mol. The Kier molecular flexibility index (Phi) is 5.37. The fourth-order valence-electron chi connectivity index (χ4n) is 1.61. The predicted octanol–water partition coefficient (Wildman–Crippen LogP) is 1.03. The molecule has 0 saturated heterocycles. The summed E-state index contributed by atoms with van der Waals surface area (Å²) in [5, 5.41) is 16.5. The minimum absolute atomic E-state index is 0.140. The first-order valence-corrected chi connectivity index (χ1v) is 6.08. The average molecular weight is 266 g/mol. The van der Waals surface area contributed by atoms with Gasteiger partial charge in [0.2, 0.25) is 0 Å². The van der Waals surface area contributed by atoms with Gasteiger partial charge in [0.05, 0.1) is 16.2 Å². The highest BCUT2D eigenvalue weighted by Gasteiger charge is 2.16. The number of nitrogens with zero attached hydrogens (tertiary/aromatic N) is 2. The first-order valence-electron chi connectivity index (χ1n) is 6.08. The van der Waals surface area contributed by atoms with E-state index in [-0.39, 0.29) is 23.2 Å². The molecule has 1 atom stereocenters. The van der Waals surface area contributed by atoms with Crippen LogP contribution in [0.2, 0.25) is 0 Å². The molecule has 0 radical (unpaired) electrons. The van der Waals surface area contributed by atoms with Gasteiger partial charge in [-0.2, -0.15) is 0 Å². The van der Waals surface area contributed by atoms with Gasteiger partial charge >= 0.3 is 0 Å². The summed E-state index contributed by atoms with van der Waals surface area (Å²) in [6, 6.07) is 1.39. The van der Waals surface area contributed by atoms with Crippen LogP contribution in [0.15, 0.2) is 12.3 Å². The van der Waals surface area contributed by atoms with Gasteiger partial charge in [0.1, 0.15) is 6.20 Å². The molecule has 1 amide bonds. The predicted molar refractivity (Wildman–Crippen MR) is 71.1 cm³/mol.